The van der Waals surface area contributed by atoms with Crippen LogP contribution < -0.4 is 5.43 Å². The van der Waals surface area contributed by atoms with Crippen LogP contribution in [-0.4, -0.2) is 54.4 Å². The summed E-state index contributed by atoms with van der Waals surface area (Å²) >= 11 is 0. The van der Waals surface area contributed by atoms with Gasteiger partial charge in [0.15, 0.2) is 5.76 Å². The zero-order chi connectivity index (χ0) is 19.2. The molecule has 0 radical (unpaired) electrons. The lowest BCUT2D eigenvalue weighted by Crippen LogP contribution is -2.35. The second-order valence-electron chi connectivity index (χ2n) is 6.29. The Balaban J connectivity index is 1.97. The van der Waals surface area contributed by atoms with Crippen molar-refractivity contribution in [3.05, 3.63) is 57.9 Å². The third-order valence-corrected chi connectivity index (χ3v) is 4.51. The first-order chi connectivity index (χ1) is 13.1. The van der Waals surface area contributed by atoms with Crippen LogP contribution in [-0.2, 0) is 20.8 Å². The summed E-state index contributed by atoms with van der Waals surface area (Å²) in [6, 6.07) is 4.71. The highest BCUT2D eigenvalue weighted by Crippen LogP contribution is 2.33. The highest BCUT2D eigenvalue weighted by atomic mass is 16.5. The summed E-state index contributed by atoms with van der Waals surface area (Å²) in [5.74, 6) is -1.14. The largest absolute Gasteiger partial charge is 0.502 e. The van der Waals surface area contributed by atoms with E-state index < -0.39 is 23.1 Å². The lowest BCUT2D eigenvalue weighted by molar-refractivity contribution is -0.140. The minimum absolute atomic E-state index is 0.0577. The van der Waals surface area contributed by atoms with E-state index in [1.165, 1.54) is 13.2 Å². The van der Waals surface area contributed by atoms with Crippen LogP contribution in [0.3, 0.4) is 0 Å². The first kappa shape index (κ1) is 19.1. The maximum Gasteiger partial charge on any atom is 0.306 e. The van der Waals surface area contributed by atoms with Gasteiger partial charge >= 0.3 is 5.97 Å². The van der Waals surface area contributed by atoms with E-state index in [0.29, 0.717) is 31.1 Å². The van der Waals surface area contributed by atoms with E-state index in [1.807, 2.05) is 0 Å². The van der Waals surface area contributed by atoms with Gasteiger partial charge in [0, 0.05) is 31.5 Å². The van der Waals surface area contributed by atoms with Crippen molar-refractivity contribution < 1.29 is 23.8 Å². The van der Waals surface area contributed by atoms with Gasteiger partial charge in [-0.25, -0.2) is 0 Å². The van der Waals surface area contributed by atoms with Crippen LogP contribution in [0.1, 0.15) is 29.4 Å². The Labute approximate surface area is 156 Å². The quantitative estimate of drug-likeness (QED) is 0.754. The van der Waals surface area contributed by atoms with Crippen molar-refractivity contribution >= 4 is 5.97 Å². The van der Waals surface area contributed by atoms with Crippen LogP contribution in [0, 0.1) is 0 Å². The summed E-state index contributed by atoms with van der Waals surface area (Å²) in [6.45, 7) is 3.13. The van der Waals surface area contributed by atoms with Gasteiger partial charge in [0.25, 0.3) is 0 Å². The van der Waals surface area contributed by atoms with Crippen molar-refractivity contribution in [1.29, 1.82) is 0 Å². The lowest BCUT2D eigenvalue weighted by atomic mass is 9.93. The topological polar surface area (TPSA) is 102 Å². The predicted octanol–water partition coefficient (Wildman–Crippen LogP) is 1.27. The second kappa shape index (κ2) is 8.79. The van der Waals surface area contributed by atoms with Gasteiger partial charge < -0.3 is 19.0 Å². The van der Waals surface area contributed by atoms with Crippen LogP contribution >= 0.6 is 0 Å². The van der Waals surface area contributed by atoms with E-state index >= 15 is 0 Å². The zero-order valence-electron chi connectivity index (χ0n) is 15.1. The van der Waals surface area contributed by atoms with Gasteiger partial charge in [0.1, 0.15) is 5.76 Å². The predicted molar refractivity (Wildman–Crippen MR) is 95.5 cm³/mol. The molecule has 0 aromatic carbocycles. The molecule has 1 fully saturated rings. The van der Waals surface area contributed by atoms with Crippen molar-refractivity contribution in [3.8, 4) is 5.75 Å². The number of aromatic nitrogens is 1. The molecule has 2 aromatic rings. The van der Waals surface area contributed by atoms with Gasteiger partial charge in [0.05, 0.1) is 39.2 Å². The van der Waals surface area contributed by atoms with Crippen LogP contribution in [0.25, 0.3) is 0 Å². The van der Waals surface area contributed by atoms with Gasteiger partial charge in [-0.15, -0.1) is 0 Å². The highest BCUT2D eigenvalue weighted by Gasteiger charge is 2.27. The number of carbonyl (C=O) groups excluding carboxylic acids is 1. The van der Waals surface area contributed by atoms with Crippen LogP contribution in [0.2, 0.25) is 0 Å². The molecular formula is C19H22N2O6. The molecule has 0 spiro atoms. The molecule has 2 aromatic heterocycles. The van der Waals surface area contributed by atoms with Gasteiger partial charge in [0.2, 0.25) is 11.2 Å². The van der Waals surface area contributed by atoms with Crippen molar-refractivity contribution in [3.63, 3.8) is 0 Å². The molecule has 144 valence electrons. The molecular weight excluding hydrogens is 352 g/mol. The molecule has 1 saturated heterocycles. The van der Waals surface area contributed by atoms with E-state index in [2.05, 4.69) is 9.88 Å². The average Bonchev–Trinajstić information content (AvgIpc) is 2.70. The Hall–Kier alpha value is -2.71. The maximum atomic E-state index is 12.3. The first-order valence-electron chi connectivity index (χ1n) is 8.71. The molecule has 3 rings (SSSR count). The number of methoxy groups -OCH3 is 1. The smallest absolute Gasteiger partial charge is 0.306 e. The Bertz CT molecular complexity index is 830. The molecule has 8 nitrogen and oxygen atoms in total. The van der Waals surface area contributed by atoms with E-state index in [0.717, 1.165) is 13.1 Å². The molecule has 8 heteroatoms. The molecule has 1 N–H and O–H groups in total. The Morgan fingerprint density at radius 2 is 2.04 bits per heavy atom. The number of hydrogen-bond donors (Lipinski definition) is 1. The number of nitrogens with zero attached hydrogens (tertiary/aromatic N) is 2. The number of morpholine rings is 1. The number of ether oxygens (including phenoxy) is 2. The highest BCUT2D eigenvalue weighted by molar-refractivity contribution is 5.71. The summed E-state index contributed by atoms with van der Waals surface area (Å²) in [5, 5.41) is 10.3. The molecule has 0 amide bonds. The average molecular weight is 374 g/mol. The summed E-state index contributed by atoms with van der Waals surface area (Å²) in [7, 11) is 1.29. The van der Waals surface area contributed by atoms with E-state index in [9.17, 15) is 14.7 Å². The molecule has 0 saturated carbocycles. The van der Waals surface area contributed by atoms with Crippen LogP contribution in [0.15, 0.2) is 39.8 Å². The lowest BCUT2D eigenvalue weighted by Gasteiger charge is -2.26. The van der Waals surface area contributed by atoms with Crippen molar-refractivity contribution in [1.82, 2.24) is 9.88 Å². The minimum Gasteiger partial charge on any atom is -0.502 e. The summed E-state index contributed by atoms with van der Waals surface area (Å²) in [5.41, 5.74) is 0.154. The fourth-order valence-corrected chi connectivity index (χ4v) is 3.06. The fourth-order valence-electron chi connectivity index (χ4n) is 3.06. The van der Waals surface area contributed by atoms with Gasteiger partial charge in [-0.05, 0) is 17.7 Å². The number of esters is 1. The van der Waals surface area contributed by atoms with Crippen molar-refractivity contribution in [2.45, 2.75) is 18.9 Å². The number of aromatic hydroxyl groups is 1. The van der Waals surface area contributed by atoms with Gasteiger partial charge in [-0.3, -0.25) is 19.5 Å². The Kier molecular flexibility index (Phi) is 6.20. The molecule has 3 heterocycles. The molecule has 1 aliphatic heterocycles. The number of rotatable bonds is 6. The monoisotopic (exact) mass is 374 g/mol. The van der Waals surface area contributed by atoms with E-state index in [1.54, 1.807) is 24.5 Å². The maximum absolute atomic E-state index is 12.3. The molecule has 1 aliphatic rings. The van der Waals surface area contributed by atoms with Crippen LogP contribution in [0.4, 0.5) is 0 Å². The Morgan fingerprint density at radius 1 is 1.33 bits per heavy atom. The number of pyridine rings is 1. The summed E-state index contributed by atoms with van der Waals surface area (Å²) < 4.78 is 16.0. The molecule has 0 aliphatic carbocycles. The standard InChI is InChI=1S/C19H22N2O6/c1-25-17(23)11-15(13-2-4-20-5-3-13)19-18(24)16(22)10-14(27-19)12-21-6-8-26-9-7-21/h2-5,10,15,24H,6-9,11-12H2,1H3/t15-/m1/s1. The van der Waals surface area contributed by atoms with Gasteiger partial charge in [-0.1, -0.05) is 0 Å². The second-order valence-corrected chi connectivity index (χ2v) is 6.29. The molecule has 0 bridgehead atoms. The summed E-state index contributed by atoms with van der Waals surface area (Å²) in [6.07, 6.45) is 3.08. The summed E-state index contributed by atoms with van der Waals surface area (Å²) in [4.78, 5) is 30.3. The third kappa shape index (κ3) is 4.72. The minimum atomic E-state index is -0.655. The third-order valence-electron chi connectivity index (χ3n) is 4.51. The zero-order valence-corrected chi connectivity index (χ0v) is 15.1. The van der Waals surface area contributed by atoms with Crippen molar-refractivity contribution in [2.24, 2.45) is 0 Å². The van der Waals surface area contributed by atoms with E-state index in [4.69, 9.17) is 13.9 Å². The van der Waals surface area contributed by atoms with E-state index in [-0.39, 0.29) is 12.2 Å². The number of hydrogen-bond acceptors (Lipinski definition) is 8. The number of carbonyl (C=O) groups is 1. The molecule has 1 atom stereocenters. The SMILES string of the molecule is COC(=O)C[C@H](c1ccncc1)c1oc(CN2CCOCC2)cc(=O)c1O. The Morgan fingerprint density at radius 3 is 2.70 bits per heavy atom. The van der Waals surface area contributed by atoms with Gasteiger partial charge in [-0.2, -0.15) is 0 Å². The fraction of sp³-hybridized carbons (Fsp3) is 0.421. The first-order valence-corrected chi connectivity index (χ1v) is 8.71. The normalized spacial score (nSPS) is 16.0. The van der Waals surface area contributed by atoms with Crippen molar-refractivity contribution in [2.75, 3.05) is 33.4 Å². The molecule has 0 unspecified atom stereocenters. The van der Waals surface area contributed by atoms with Crippen LogP contribution in [0.5, 0.6) is 5.75 Å². The molecule has 27 heavy (non-hydrogen) atoms.